The lowest BCUT2D eigenvalue weighted by Crippen LogP contribution is -2.47. The summed E-state index contributed by atoms with van der Waals surface area (Å²) in [6, 6.07) is 7.89. The molecular weight excluding hydrogens is 276 g/mol. The fourth-order valence-corrected chi connectivity index (χ4v) is 1.56. The lowest BCUT2D eigenvalue weighted by atomic mass is 10.2. The van der Waals surface area contributed by atoms with Crippen LogP contribution in [0.2, 0.25) is 0 Å². The van der Waals surface area contributed by atoms with E-state index >= 15 is 0 Å². The Balaban J connectivity index is 2.49. The molecule has 0 aliphatic rings. The number of benzene rings is 1. The number of aliphatic carboxylic acids is 1. The van der Waals surface area contributed by atoms with Gasteiger partial charge >= 0.3 is 5.97 Å². The summed E-state index contributed by atoms with van der Waals surface area (Å²) < 4.78 is 5.35. The van der Waals surface area contributed by atoms with Gasteiger partial charge in [0.05, 0.1) is 13.0 Å². The highest BCUT2D eigenvalue weighted by Crippen LogP contribution is 2.04. The number of carboxylic acid groups (broad SMARTS) is 1. The van der Waals surface area contributed by atoms with Crippen LogP contribution in [0.15, 0.2) is 30.3 Å². The molecule has 1 unspecified atom stereocenters. The van der Waals surface area contributed by atoms with Crippen molar-refractivity contribution in [2.45, 2.75) is 32.1 Å². The first-order chi connectivity index (χ1) is 9.90. The summed E-state index contributed by atoms with van der Waals surface area (Å²) in [5.41, 5.74) is 5.83. The largest absolute Gasteiger partial charge is 0.480 e. The molecule has 0 bridgehead atoms. The van der Waals surface area contributed by atoms with Crippen LogP contribution in [0.3, 0.4) is 0 Å². The molecule has 0 aliphatic carbocycles. The maximum Gasteiger partial charge on any atom is 0.326 e. The number of nitrogens with one attached hydrogen (secondary N) is 1. The summed E-state index contributed by atoms with van der Waals surface area (Å²) in [7, 11) is 0. The summed E-state index contributed by atoms with van der Waals surface area (Å²) >= 11 is 0. The Morgan fingerprint density at radius 1 is 1.29 bits per heavy atom. The van der Waals surface area contributed by atoms with Crippen LogP contribution < -0.4 is 11.1 Å². The number of hydrogen-bond donors (Lipinski definition) is 3. The summed E-state index contributed by atoms with van der Waals surface area (Å²) in [6.45, 7) is 1.73. The van der Waals surface area contributed by atoms with Gasteiger partial charge in [-0.1, -0.05) is 30.3 Å². The number of rotatable bonds is 8. The quantitative estimate of drug-likeness (QED) is 0.625. The molecule has 1 rings (SSSR count). The Morgan fingerprint density at radius 3 is 2.43 bits per heavy atom. The van der Waals surface area contributed by atoms with Gasteiger partial charge in [-0.15, -0.1) is 0 Å². The summed E-state index contributed by atoms with van der Waals surface area (Å²) in [4.78, 5) is 33.5. The van der Waals surface area contributed by atoms with Gasteiger partial charge in [0, 0.05) is 0 Å². The van der Waals surface area contributed by atoms with Crippen LogP contribution >= 0.6 is 0 Å². The molecule has 0 aromatic heterocycles. The second kappa shape index (κ2) is 8.01. The Bertz CT molecular complexity index is 503. The molecule has 2 atom stereocenters. The van der Waals surface area contributed by atoms with Crippen molar-refractivity contribution in [3.8, 4) is 0 Å². The zero-order valence-corrected chi connectivity index (χ0v) is 11.6. The maximum atomic E-state index is 11.8. The lowest BCUT2D eigenvalue weighted by molar-refractivity contribution is -0.145. The van der Waals surface area contributed by atoms with E-state index in [-0.39, 0.29) is 6.61 Å². The zero-order valence-electron chi connectivity index (χ0n) is 11.6. The van der Waals surface area contributed by atoms with Crippen LogP contribution in [0, 0.1) is 0 Å². The van der Waals surface area contributed by atoms with E-state index in [4.69, 9.17) is 15.6 Å². The Hall–Kier alpha value is -2.41. The molecule has 7 nitrogen and oxygen atoms in total. The van der Waals surface area contributed by atoms with Crippen molar-refractivity contribution < 1.29 is 24.2 Å². The molecule has 1 aromatic carbocycles. The second-order valence-corrected chi connectivity index (χ2v) is 4.51. The maximum absolute atomic E-state index is 11.8. The average Bonchev–Trinajstić information content (AvgIpc) is 2.44. The van der Waals surface area contributed by atoms with Crippen molar-refractivity contribution in [2.24, 2.45) is 5.73 Å². The summed E-state index contributed by atoms with van der Waals surface area (Å²) in [5.74, 6) is -2.74. The van der Waals surface area contributed by atoms with E-state index in [1.54, 1.807) is 0 Å². The van der Waals surface area contributed by atoms with Crippen molar-refractivity contribution >= 4 is 17.8 Å². The first kappa shape index (κ1) is 16.6. The molecule has 0 saturated carbocycles. The van der Waals surface area contributed by atoms with Gasteiger partial charge in [-0.3, -0.25) is 9.59 Å². The van der Waals surface area contributed by atoms with Gasteiger partial charge in [0.15, 0.2) is 0 Å². The minimum Gasteiger partial charge on any atom is -0.480 e. The van der Waals surface area contributed by atoms with Crippen LogP contribution in [0.4, 0.5) is 0 Å². The van der Waals surface area contributed by atoms with Crippen LogP contribution in [0.25, 0.3) is 0 Å². The van der Waals surface area contributed by atoms with Crippen molar-refractivity contribution in [3.63, 3.8) is 0 Å². The average molecular weight is 294 g/mol. The van der Waals surface area contributed by atoms with Crippen molar-refractivity contribution in [1.29, 1.82) is 0 Å². The minimum absolute atomic E-state index is 0.225. The first-order valence-electron chi connectivity index (χ1n) is 6.37. The molecule has 0 heterocycles. The topological polar surface area (TPSA) is 119 Å². The fourth-order valence-electron chi connectivity index (χ4n) is 1.56. The van der Waals surface area contributed by atoms with Crippen molar-refractivity contribution in [1.82, 2.24) is 5.32 Å². The number of carbonyl (C=O) groups is 3. The van der Waals surface area contributed by atoms with Gasteiger partial charge in [0.1, 0.15) is 12.1 Å². The van der Waals surface area contributed by atoms with Crippen LogP contribution in [0.5, 0.6) is 0 Å². The SMILES string of the molecule is CC(OCc1ccccc1)C(=O)N[C@H](CC(N)=O)C(=O)O. The van der Waals surface area contributed by atoms with Gasteiger partial charge in [-0.05, 0) is 12.5 Å². The molecule has 0 radical (unpaired) electrons. The molecule has 0 spiro atoms. The summed E-state index contributed by atoms with van der Waals surface area (Å²) in [5, 5.41) is 11.1. The van der Waals surface area contributed by atoms with Crippen LogP contribution in [0.1, 0.15) is 18.9 Å². The Kier molecular flexibility index (Phi) is 6.35. The second-order valence-electron chi connectivity index (χ2n) is 4.51. The molecule has 0 fully saturated rings. The standard InChI is InChI=1S/C14H18N2O5/c1-9(21-8-10-5-3-2-4-6-10)13(18)16-11(14(19)20)7-12(15)17/h2-6,9,11H,7-8H2,1H3,(H2,15,17)(H,16,18)(H,19,20)/t9?,11-/m1/s1. The van der Waals surface area contributed by atoms with Gasteiger partial charge in [0.2, 0.25) is 11.8 Å². The van der Waals surface area contributed by atoms with E-state index in [1.807, 2.05) is 30.3 Å². The number of ether oxygens (including phenoxy) is 1. The highest BCUT2D eigenvalue weighted by Gasteiger charge is 2.24. The molecule has 0 aliphatic heterocycles. The number of carboxylic acids is 1. The van der Waals surface area contributed by atoms with E-state index in [2.05, 4.69) is 5.32 Å². The number of carbonyl (C=O) groups excluding carboxylic acids is 2. The molecule has 2 amide bonds. The zero-order chi connectivity index (χ0) is 15.8. The number of amides is 2. The predicted octanol–water partition coefficient (Wildman–Crippen LogP) is 0.0365. The number of hydrogen-bond acceptors (Lipinski definition) is 4. The van der Waals surface area contributed by atoms with E-state index in [0.717, 1.165) is 5.56 Å². The van der Waals surface area contributed by atoms with Gasteiger partial charge < -0.3 is 20.9 Å². The van der Waals surface area contributed by atoms with Crippen LogP contribution in [-0.4, -0.2) is 35.0 Å². The monoisotopic (exact) mass is 294 g/mol. The van der Waals surface area contributed by atoms with E-state index in [0.29, 0.717) is 0 Å². The third kappa shape index (κ3) is 6.05. The molecule has 0 saturated heterocycles. The Labute approximate surface area is 122 Å². The van der Waals surface area contributed by atoms with Gasteiger partial charge in [0.25, 0.3) is 0 Å². The number of primary amides is 1. The first-order valence-corrected chi connectivity index (χ1v) is 6.37. The molecule has 114 valence electrons. The third-order valence-corrected chi connectivity index (χ3v) is 2.73. The smallest absolute Gasteiger partial charge is 0.326 e. The highest BCUT2D eigenvalue weighted by molar-refractivity contribution is 5.89. The van der Waals surface area contributed by atoms with Gasteiger partial charge in [-0.25, -0.2) is 4.79 Å². The Morgan fingerprint density at radius 2 is 1.90 bits per heavy atom. The fraction of sp³-hybridized carbons (Fsp3) is 0.357. The molecule has 21 heavy (non-hydrogen) atoms. The normalized spacial score (nSPS) is 13.2. The predicted molar refractivity (Wildman–Crippen MR) is 74.1 cm³/mol. The number of nitrogens with two attached hydrogens (primary N) is 1. The lowest BCUT2D eigenvalue weighted by Gasteiger charge is -2.17. The van der Waals surface area contributed by atoms with Gasteiger partial charge in [-0.2, -0.15) is 0 Å². The minimum atomic E-state index is -1.35. The van der Waals surface area contributed by atoms with E-state index < -0.39 is 36.4 Å². The van der Waals surface area contributed by atoms with E-state index in [9.17, 15) is 14.4 Å². The molecule has 1 aromatic rings. The third-order valence-electron chi connectivity index (χ3n) is 2.73. The van der Waals surface area contributed by atoms with Crippen LogP contribution in [-0.2, 0) is 25.7 Å². The van der Waals surface area contributed by atoms with Crippen molar-refractivity contribution in [2.75, 3.05) is 0 Å². The van der Waals surface area contributed by atoms with Crippen molar-refractivity contribution in [3.05, 3.63) is 35.9 Å². The molecule has 7 heteroatoms. The molecule has 4 N–H and O–H groups in total. The summed E-state index contributed by atoms with van der Waals surface area (Å²) in [6.07, 6.45) is -1.31. The molecular formula is C14H18N2O5. The van der Waals surface area contributed by atoms with E-state index in [1.165, 1.54) is 6.92 Å². The highest BCUT2D eigenvalue weighted by atomic mass is 16.5.